The molecule has 0 aliphatic carbocycles. The normalized spacial score (nSPS) is 22.2. The first-order chi connectivity index (χ1) is 11.2. The van der Waals surface area contributed by atoms with Crippen molar-refractivity contribution in [3.05, 3.63) is 22.4 Å². The van der Waals surface area contributed by atoms with Gasteiger partial charge in [-0.2, -0.15) is 0 Å². The van der Waals surface area contributed by atoms with Gasteiger partial charge in [0.25, 0.3) is 5.91 Å². The van der Waals surface area contributed by atoms with Crippen molar-refractivity contribution in [1.29, 1.82) is 0 Å². The van der Waals surface area contributed by atoms with Gasteiger partial charge in [0.1, 0.15) is 0 Å². The minimum Gasteiger partial charge on any atom is -0.390 e. The van der Waals surface area contributed by atoms with Gasteiger partial charge in [-0.1, -0.05) is 6.07 Å². The lowest BCUT2D eigenvalue weighted by Gasteiger charge is -2.36. The van der Waals surface area contributed by atoms with Gasteiger partial charge < -0.3 is 14.7 Å². The number of hydrogen-bond donors (Lipinski definition) is 1. The average molecular weight is 339 g/mol. The molecule has 6 nitrogen and oxygen atoms in total. The highest BCUT2D eigenvalue weighted by Gasteiger charge is 2.24. The predicted molar refractivity (Wildman–Crippen MR) is 89.9 cm³/mol. The third-order valence-corrected chi connectivity index (χ3v) is 5.29. The van der Waals surface area contributed by atoms with E-state index in [1.54, 1.807) is 0 Å². The summed E-state index contributed by atoms with van der Waals surface area (Å²) in [4.78, 5) is 19.5. The Morgan fingerprint density at radius 1 is 1.13 bits per heavy atom. The van der Waals surface area contributed by atoms with E-state index in [1.807, 2.05) is 22.4 Å². The quantitative estimate of drug-likeness (QED) is 0.831. The monoisotopic (exact) mass is 339 g/mol. The number of piperazine rings is 1. The minimum atomic E-state index is -0.340. The van der Waals surface area contributed by atoms with E-state index in [0.717, 1.165) is 57.4 Å². The van der Waals surface area contributed by atoms with Gasteiger partial charge in [0.15, 0.2) is 0 Å². The van der Waals surface area contributed by atoms with E-state index in [9.17, 15) is 9.90 Å². The predicted octanol–water partition coefficient (Wildman–Crippen LogP) is 0.199. The zero-order valence-corrected chi connectivity index (χ0v) is 14.2. The van der Waals surface area contributed by atoms with Crippen LogP contribution < -0.4 is 0 Å². The Morgan fingerprint density at radius 2 is 1.78 bits per heavy atom. The van der Waals surface area contributed by atoms with Crippen LogP contribution in [-0.2, 0) is 4.74 Å². The van der Waals surface area contributed by atoms with Crippen LogP contribution >= 0.6 is 11.3 Å². The molecule has 1 atom stereocenters. The molecule has 2 aliphatic rings. The van der Waals surface area contributed by atoms with Crippen molar-refractivity contribution >= 4 is 17.2 Å². The summed E-state index contributed by atoms with van der Waals surface area (Å²) in [5.41, 5.74) is 0. The highest BCUT2D eigenvalue weighted by atomic mass is 32.1. The number of rotatable bonds is 5. The summed E-state index contributed by atoms with van der Waals surface area (Å²) < 4.78 is 5.33. The van der Waals surface area contributed by atoms with Crippen LogP contribution in [0.1, 0.15) is 9.67 Å². The number of aliphatic hydroxyl groups is 1. The summed E-state index contributed by atoms with van der Waals surface area (Å²) >= 11 is 1.50. The van der Waals surface area contributed by atoms with Gasteiger partial charge in [0.05, 0.1) is 24.2 Å². The molecule has 0 saturated carbocycles. The smallest absolute Gasteiger partial charge is 0.264 e. The Bertz CT molecular complexity index is 483. The second-order valence-corrected chi connectivity index (χ2v) is 7.08. The lowest BCUT2D eigenvalue weighted by Crippen LogP contribution is -2.52. The molecule has 0 bridgehead atoms. The largest absolute Gasteiger partial charge is 0.390 e. The number of β-amino-alcohol motifs (C(OH)–C–C–N with tert-alkyl or cyclic N) is 1. The molecule has 0 spiro atoms. The molecule has 0 radical (unpaired) electrons. The molecular weight excluding hydrogens is 314 g/mol. The Balaban J connectivity index is 1.39. The van der Waals surface area contributed by atoms with Crippen LogP contribution in [0, 0.1) is 0 Å². The average Bonchev–Trinajstić information content (AvgIpc) is 3.10. The van der Waals surface area contributed by atoms with Crippen LogP contribution in [0.4, 0.5) is 0 Å². The molecule has 23 heavy (non-hydrogen) atoms. The van der Waals surface area contributed by atoms with Crippen LogP contribution in [0.15, 0.2) is 17.5 Å². The van der Waals surface area contributed by atoms with Crippen molar-refractivity contribution in [2.24, 2.45) is 0 Å². The molecular formula is C16H25N3O3S. The summed E-state index contributed by atoms with van der Waals surface area (Å²) in [7, 11) is 0. The first kappa shape index (κ1) is 16.9. The number of aliphatic hydroxyl groups excluding tert-OH is 1. The van der Waals surface area contributed by atoms with Crippen molar-refractivity contribution in [3.8, 4) is 0 Å². The van der Waals surface area contributed by atoms with Gasteiger partial charge >= 0.3 is 0 Å². The lowest BCUT2D eigenvalue weighted by molar-refractivity contribution is 0.00295. The number of hydrogen-bond acceptors (Lipinski definition) is 6. The second-order valence-electron chi connectivity index (χ2n) is 6.14. The number of amides is 1. The molecule has 1 N–H and O–H groups in total. The number of ether oxygens (including phenoxy) is 1. The zero-order valence-electron chi connectivity index (χ0n) is 13.4. The maximum atomic E-state index is 12.3. The molecule has 0 aromatic carbocycles. The van der Waals surface area contributed by atoms with Crippen molar-refractivity contribution in [2.45, 2.75) is 6.10 Å². The first-order valence-corrected chi connectivity index (χ1v) is 9.13. The fourth-order valence-corrected chi connectivity index (χ4v) is 3.82. The van der Waals surface area contributed by atoms with Gasteiger partial charge in [-0.25, -0.2) is 0 Å². The molecule has 3 heterocycles. The summed E-state index contributed by atoms with van der Waals surface area (Å²) in [6.45, 7) is 7.85. The van der Waals surface area contributed by atoms with Crippen molar-refractivity contribution in [3.63, 3.8) is 0 Å². The Morgan fingerprint density at radius 3 is 2.39 bits per heavy atom. The number of morpholine rings is 1. The summed E-state index contributed by atoms with van der Waals surface area (Å²) in [6.07, 6.45) is -0.340. The maximum Gasteiger partial charge on any atom is 0.264 e. The van der Waals surface area contributed by atoms with E-state index in [4.69, 9.17) is 4.74 Å². The van der Waals surface area contributed by atoms with Crippen LogP contribution in [0.2, 0.25) is 0 Å². The van der Waals surface area contributed by atoms with Crippen LogP contribution in [0.5, 0.6) is 0 Å². The molecule has 1 aromatic rings. The zero-order chi connectivity index (χ0) is 16.1. The van der Waals surface area contributed by atoms with Gasteiger partial charge in [-0.05, 0) is 11.4 Å². The van der Waals surface area contributed by atoms with Crippen LogP contribution in [0.25, 0.3) is 0 Å². The van der Waals surface area contributed by atoms with Crippen LogP contribution in [0.3, 0.4) is 0 Å². The fraction of sp³-hybridized carbons (Fsp3) is 0.688. The van der Waals surface area contributed by atoms with Gasteiger partial charge in [0.2, 0.25) is 0 Å². The van der Waals surface area contributed by atoms with E-state index in [2.05, 4.69) is 9.80 Å². The highest BCUT2D eigenvalue weighted by molar-refractivity contribution is 7.12. The SMILES string of the molecule is O=C(c1cccs1)N1CCN(C[C@@H](O)CN2CCOCC2)CC1. The molecule has 2 aliphatic heterocycles. The molecule has 2 saturated heterocycles. The highest BCUT2D eigenvalue weighted by Crippen LogP contribution is 2.14. The van der Waals surface area contributed by atoms with Gasteiger partial charge in [-0.15, -0.1) is 11.3 Å². The molecule has 7 heteroatoms. The Hall–Kier alpha value is -0.990. The molecule has 1 aromatic heterocycles. The van der Waals surface area contributed by atoms with E-state index < -0.39 is 0 Å². The van der Waals surface area contributed by atoms with Crippen molar-refractivity contribution < 1.29 is 14.6 Å². The summed E-state index contributed by atoms with van der Waals surface area (Å²) in [5.74, 6) is 0.133. The van der Waals surface area contributed by atoms with E-state index in [0.29, 0.717) is 13.1 Å². The topological polar surface area (TPSA) is 56.2 Å². The first-order valence-electron chi connectivity index (χ1n) is 8.25. The second kappa shape index (κ2) is 8.21. The molecule has 1 amide bonds. The lowest BCUT2D eigenvalue weighted by atomic mass is 10.2. The standard InChI is InChI=1S/C16H25N3O3S/c20-14(13-18-7-9-22-10-8-18)12-17-3-5-19(6-4-17)16(21)15-2-1-11-23-15/h1-2,11,14,20H,3-10,12-13H2/t14-/m1/s1. The number of nitrogens with zero attached hydrogens (tertiary/aromatic N) is 3. The minimum absolute atomic E-state index is 0.133. The molecule has 3 rings (SSSR count). The van der Waals surface area contributed by atoms with E-state index in [-0.39, 0.29) is 12.0 Å². The third kappa shape index (κ3) is 4.74. The van der Waals surface area contributed by atoms with Crippen molar-refractivity contribution in [2.75, 3.05) is 65.6 Å². The molecule has 0 unspecified atom stereocenters. The van der Waals surface area contributed by atoms with Crippen LogP contribution in [-0.4, -0.2) is 97.4 Å². The van der Waals surface area contributed by atoms with E-state index in [1.165, 1.54) is 11.3 Å². The summed E-state index contributed by atoms with van der Waals surface area (Å²) in [6, 6.07) is 3.79. The number of thiophene rings is 1. The Labute approximate surface area is 141 Å². The number of carbonyl (C=O) groups excluding carboxylic acids is 1. The number of carbonyl (C=O) groups is 1. The molecule has 2 fully saturated rings. The van der Waals surface area contributed by atoms with Crippen molar-refractivity contribution in [1.82, 2.24) is 14.7 Å². The maximum absolute atomic E-state index is 12.3. The van der Waals surface area contributed by atoms with Gasteiger partial charge in [-0.3, -0.25) is 14.6 Å². The van der Waals surface area contributed by atoms with Gasteiger partial charge in [0, 0.05) is 52.4 Å². The third-order valence-electron chi connectivity index (χ3n) is 4.43. The summed E-state index contributed by atoms with van der Waals surface area (Å²) in [5, 5.41) is 12.2. The fourth-order valence-electron chi connectivity index (χ4n) is 3.13. The van der Waals surface area contributed by atoms with E-state index >= 15 is 0 Å². The Kier molecular flexibility index (Phi) is 6.02. The molecule has 128 valence electrons.